The highest BCUT2D eigenvalue weighted by Crippen LogP contribution is 2.63. The lowest BCUT2D eigenvalue weighted by Crippen LogP contribution is -2.63. The minimum absolute atomic E-state index is 0.00646. The summed E-state index contributed by atoms with van der Waals surface area (Å²) in [5.74, 6) is 0.373. The van der Waals surface area contributed by atoms with E-state index in [0.29, 0.717) is 12.7 Å². The summed E-state index contributed by atoms with van der Waals surface area (Å²) in [6, 6.07) is 0. The Kier molecular flexibility index (Phi) is 1.83. The molecular formula is C14H18O3. The highest BCUT2D eigenvalue weighted by molar-refractivity contribution is 5.49. The van der Waals surface area contributed by atoms with Crippen molar-refractivity contribution in [1.29, 1.82) is 0 Å². The monoisotopic (exact) mass is 234 g/mol. The molecule has 1 fully saturated rings. The van der Waals surface area contributed by atoms with Crippen molar-refractivity contribution in [3.8, 4) is 0 Å². The highest BCUT2D eigenvalue weighted by atomic mass is 16.7. The van der Waals surface area contributed by atoms with Crippen molar-refractivity contribution in [2.45, 2.75) is 37.9 Å². The van der Waals surface area contributed by atoms with E-state index in [-0.39, 0.29) is 17.1 Å². The molecule has 0 aromatic rings. The summed E-state index contributed by atoms with van der Waals surface area (Å²) in [6.45, 7) is 3.42. The second-order valence-electron chi connectivity index (χ2n) is 5.92. The third-order valence-corrected chi connectivity index (χ3v) is 5.33. The van der Waals surface area contributed by atoms with Crippen LogP contribution in [0, 0.1) is 11.3 Å². The lowest BCUT2D eigenvalue weighted by Gasteiger charge is -2.60. The summed E-state index contributed by atoms with van der Waals surface area (Å²) in [7, 11) is 0. The molecule has 4 rings (SSSR count). The van der Waals surface area contributed by atoms with Crippen LogP contribution in [0.15, 0.2) is 23.3 Å². The molecule has 92 valence electrons. The van der Waals surface area contributed by atoms with Crippen molar-refractivity contribution in [2.75, 3.05) is 13.4 Å². The van der Waals surface area contributed by atoms with Crippen LogP contribution in [0.3, 0.4) is 0 Å². The van der Waals surface area contributed by atoms with E-state index in [4.69, 9.17) is 9.47 Å². The van der Waals surface area contributed by atoms with Gasteiger partial charge in [-0.25, -0.2) is 0 Å². The molecule has 1 spiro atoms. The predicted molar refractivity (Wildman–Crippen MR) is 62.3 cm³/mol. The molecule has 1 aliphatic heterocycles. The van der Waals surface area contributed by atoms with Gasteiger partial charge in [-0.05, 0) is 31.8 Å². The smallest absolute Gasteiger partial charge is 0.147 e. The van der Waals surface area contributed by atoms with E-state index in [1.165, 1.54) is 11.1 Å². The van der Waals surface area contributed by atoms with E-state index in [1.54, 1.807) is 0 Å². The van der Waals surface area contributed by atoms with Crippen LogP contribution in [0.5, 0.6) is 0 Å². The Labute approximate surface area is 101 Å². The van der Waals surface area contributed by atoms with Gasteiger partial charge in [0.1, 0.15) is 12.4 Å². The number of aliphatic hydroxyl groups is 1. The maximum atomic E-state index is 10.1. The predicted octanol–water partition coefficient (Wildman–Crippen LogP) is 1.78. The van der Waals surface area contributed by atoms with Gasteiger partial charge >= 0.3 is 0 Å². The van der Waals surface area contributed by atoms with Crippen LogP contribution < -0.4 is 0 Å². The molecule has 0 saturated carbocycles. The zero-order valence-electron chi connectivity index (χ0n) is 10.1. The third kappa shape index (κ3) is 1.00. The molecule has 3 heteroatoms. The fourth-order valence-electron chi connectivity index (χ4n) is 4.31. The van der Waals surface area contributed by atoms with Crippen LogP contribution in [0.25, 0.3) is 0 Å². The van der Waals surface area contributed by atoms with Gasteiger partial charge in [-0.15, -0.1) is 0 Å². The van der Waals surface area contributed by atoms with Gasteiger partial charge in [-0.3, -0.25) is 0 Å². The molecule has 1 saturated heterocycles. The van der Waals surface area contributed by atoms with E-state index in [2.05, 4.69) is 19.1 Å². The Bertz CT molecular complexity index is 439. The quantitative estimate of drug-likeness (QED) is 0.649. The number of aliphatic hydroxyl groups excluding tert-OH is 1. The molecule has 3 nitrogen and oxygen atoms in total. The third-order valence-electron chi connectivity index (χ3n) is 5.33. The number of ether oxygens (including phenoxy) is 2. The first-order valence-corrected chi connectivity index (χ1v) is 6.50. The Hall–Kier alpha value is -0.640. The minimum Gasteiger partial charge on any atom is -0.389 e. The van der Waals surface area contributed by atoms with Crippen LogP contribution in [0.4, 0.5) is 0 Å². The number of hydrogen-bond donors (Lipinski definition) is 1. The summed E-state index contributed by atoms with van der Waals surface area (Å²) in [6.07, 6.45) is 7.10. The Balaban J connectivity index is 1.86. The molecule has 17 heavy (non-hydrogen) atoms. The standard InChI is InChI=1S/C14H18O3/c1-13-4-5-14(13)9(7-16-8-17-14)6-10-11(13)2-3-12(10)15/h4-5,9,12,15H,2-3,6-8H2,1H3/t9?,12-,13-,14-/m1/s1. The van der Waals surface area contributed by atoms with Gasteiger partial charge in [0.2, 0.25) is 0 Å². The molecule has 4 atom stereocenters. The first kappa shape index (κ1) is 10.3. The maximum absolute atomic E-state index is 10.1. The van der Waals surface area contributed by atoms with E-state index in [9.17, 15) is 5.11 Å². The van der Waals surface area contributed by atoms with Gasteiger partial charge in [0.15, 0.2) is 0 Å². The van der Waals surface area contributed by atoms with Crippen molar-refractivity contribution in [1.82, 2.24) is 0 Å². The van der Waals surface area contributed by atoms with Gasteiger partial charge in [0.05, 0.1) is 12.7 Å². The van der Waals surface area contributed by atoms with Crippen molar-refractivity contribution in [2.24, 2.45) is 11.3 Å². The summed E-state index contributed by atoms with van der Waals surface area (Å²) in [5.41, 5.74) is 2.57. The molecule has 0 amide bonds. The van der Waals surface area contributed by atoms with Crippen LogP contribution in [-0.4, -0.2) is 30.2 Å². The largest absolute Gasteiger partial charge is 0.389 e. The second kappa shape index (κ2) is 3.02. The molecule has 1 unspecified atom stereocenters. The fourth-order valence-corrected chi connectivity index (χ4v) is 4.31. The molecule has 0 aromatic carbocycles. The van der Waals surface area contributed by atoms with E-state index in [0.717, 1.165) is 25.9 Å². The summed E-state index contributed by atoms with van der Waals surface area (Å²) in [5, 5.41) is 10.1. The summed E-state index contributed by atoms with van der Waals surface area (Å²) < 4.78 is 11.4. The lowest BCUT2D eigenvalue weighted by molar-refractivity contribution is -0.245. The fraction of sp³-hybridized carbons (Fsp3) is 0.714. The van der Waals surface area contributed by atoms with Gasteiger partial charge in [-0.2, -0.15) is 0 Å². The first-order chi connectivity index (χ1) is 8.17. The SMILES string of the molecule is C[C@]12C=C[C@]13OCOCC3CC1=C2CC[C@H]1O. The van der Waals surface area contributed by atoms with Crippen LogP contribution in [0.2, 0.25) is 0 Å². The molecule has 1 heterocycles. The number of hydrogen-bond acceptors (Lipinski definition) is 3. The topological polar surface area (TPSA) is 38.7 Å². The maximum Gasteiger partial charge on any atom is 0.147 e. The number of rotatable bonds is 0. The molecule has 4 aliphatic rings. The van der Waals surface area contributed by atoms with Gasteiger partial charge in [0.25, 0.3) is 0 Å². The van der Waals surface area contributed by atoms with Crippen molar-refractivity contribution in [3.63, 3.8) is 0 Å². The van der Waals surface area contributed by atoms with Gasteiger partial charge < -0.3 is 14.6 Å². The van der Waals surface area contributed by atoms with Gasteiger partial charge in [-0.1, -0.05) is 17.7 Å². The molecule has 1 N–H and O–H groups in total. The summed E-state index contributed by atoms with van der Waals surface area (Å²) >= 11 is 0. The average Bonchev–Trinajstić information content (AvgIpc) is 2.69. The van der Waals surface area contributed by atoms with Crippen LogP contribution >= 0.6 is 0 Å². The van der Waals surface area contributed by atoms with E-state index < -0.39 is 0 Å². The van der Waals surface area contributed by atoms with E-state index in [1.807, 2.05) is 0 Å². The average molecular weight is 234 g/mol. The molecule has 3 aliphatic carbocycles. The Morgan fingerprint density at radius 1 is 1.41 bits per heavy atom. The molecule has 0 bridgehead atoms. The Morgan fingerprint density at radius 3 is 3.06 bits per heavy atom. The normalized spacial score (nSPS) is 51.6. The van der Waals surface area contributed by atoms with Gasteiger partial charge in [0, 0.05) is 11.3 Å². The van der Waals surface area contributed by atoms with Crippen molar-refractivity contribution >= 4 is 0 Å². The van der Waals surface area contributed by atoms with E-state index >= 15 is 0 Å². The number of fused-ring (bicyclic) bond motifs is 1. The molecular weight excluding hydrogens is 216 g/mol. The van der Waals surface area contributed by atoms with Crippen LogP contribution in [0.1, 0.15) is 26.2 Å². The Morgan fingerprint density at radius 2 is 2.29 bits per heavy atom. The van der Waals surface area contributed by atoms with Crippen molar-refractivity contribution in [3.05, 3.63) is 23.3 Å². The minimum atomic E-state index is -0.226. The van der Waals surface area contributed by atoms with Crippen molar-refractivity contribution < 1.29 is 14.6 Å². The molecule has 0 aromatic heterocycles. The molecule has 0 radical (unpaired) electrons. The second-order valence-corrected chi connectivity index (χ2v) is 5.92. The highest BCUT2D eigenvalue weighted by Gasteiger charge is 2.63. The first-order valence-electron chi connectivity index (χ1n) is 6.50. The zero-order chi connectivity index (χ0) is 11.7. The lowest BCUT2D eigenvalue weighted by atomic mass is 9.51. The van der Waals surface area contributed by atoms with Crippen LogP contribution in [-0.2, 0) is 9.47 Å². The summed E-state index contributed by atoms with van der Waals surface area (Å²) in [4.78, 5) is 0. The zero-order valence-corrected chi connectivity index (χ0v) is 10.1.